The Morgan fingerprint density at radius 1 is 1.15 bits per heavy atom. The van der Waals surface area contributed by atoms with Crippen molar-refractivity contribution in [2.75, 3.05) is 19.7 Å². The smallest absolute Gasteiger partial charge is 0.303 e. The first-order chi connectivity index (χ1) is 9.49. The summed E-state index contributed by atoms with van der Waals surface area (Å²) in [5.74, 6) is -0.896. The van der Waals surface area contributed by atoms with E-state index in [4.69, 9.17) is 9.47 Å². The minimum absolute atomic E-state index is 0.0767. The maximum atomic E-state index is 11.8. The van der Waals surface area contributed by atoms with Crippen LogP contribution in [0.3, 0.4) is 0 Å². The number of nitrogens with zero attached hydrogens (tertiary/aromatic N) is 1. The Bertz CT molecular complexity index is 385. The van der Waals surface area contributed by atoms with Crippen LogP contribution in [0.25, 0.3) is 0 Å². The van der Waals surface area contributed by atoms with E-state index in [-0.39, 0.29) is 18.5 Å². The van der Waals surface area contributed by atoms with Gasteiger partial charge in [-0.2, -0.15) is 0 Å². The summed E-state index contributed by atoms with van der Waals surface area (Å²) in [6.07, 6.45) is 4.80. The fourth-order valence-electron chi connectivity index (χ4n) is 1.96. The van der Waals surface area contributed by atoms with Crippen molar-refractivity contribution in [1.29, 1.82) is 0 Å². The van der Waals surface area contributed by atoms with Crippen molar-refractivity contribution in [3.8, 4) is 0 Å². The van der Waals surface area contributed by atoms with E-state index in [2.05, 4.69) is 0 Å². The van der Waals surface area contributed by atoms with Crippen LogP contribution in [0, 0.1) is 0 Å². The molecule has 6 nitrogen and oxygen atoms in total. The first-order valence-electron chi connectivity index (χ1n) is 6.76. The lowest BCUT2D eigenvalue weighted by Crippen LogP contribution is -2.26. The van der Waals surface area contributed by atoms with Gasteiger partial charge in [-0.25, -0.2) is 0 Å². The van der Waals surface area contributed by atoms with E-state index in [1.54, 1.807) is 11.0 Å². The second-order valence-electron chi connectivity index (χ2n) is 4.67. The first kappa shape index (κ1) is 16.2. The molecule has 0 aromatic heterocycles. The van der Waals surface area contributed by atoms with Crippen LogP contribution in [0.1, 0.15) is 33.1 Å². The molecule has 112 valence electrons. The van der Waals surface area contributed by atoms with Gasteiger partial charge in [0.15, 0.2) is 0 Å². The van der Waals surface area contributed by atoms with Gasteiger partial charge in [-0.15, -0.1) is 0 Å². The molecule has 1 rings (SSSR count). The molecule has 0 aromatic carbocycles. The third-order valence-electron chi connectivity index (χ3n) is 2.90. The van der Waals surface area contributed by atoms with Crippen molar-refractivity contribution in [3.63, 3.8) is 0 Å². The summed E-state index contributed by atoms with van der Waals surface area (Å²) < 4.78 is 9.86. The molecule has 1 heterocycles. The summed E-state index contributed by atoms with van der Waals surface area (Å²) in [7, 11) is 0. The van der Waals surface area contributed by atoms with E-state index in [1.807, 2.05) is 0 Å². The lowest BCUT2D eigenvalue weighted by molar-refractivity contribution is -0.146. The van der Waals surface area contributed by atoms with E-state index in [0.29, 0.717) is 6.42 Å². The minimum Gasteiger partial charge on any atom is -0.466 e. The molecule has 0 bridgehead atoms. The van der Waals surface area contributed by atoms with Gasteiger partial charge >= 0.3 is 11.9 Å². The Balaban J connectivity index is 2.47. The van der Waals surface area contributed by atoms with Crippen LogP contribution in [-0.2, 0) is 23.9 Å². The van der Waals surface area contributed by atoms with Gasteiger partial charge in [-0.05, 0) is 18.9 Å². The topological polar surface area (TPSA) is 72.9 Å². The summed E-state index contributed by atoms with van der Waals surface area (Å²) in [5, 5.41) is 0. The number of rotatable bonds is 6. The molecule has 0 saturated carbocycles. The van der Waals surface area contributed by atoms with Crippen molar-refractivity contribution in [3.05, 3.63) is 12.2 Å². The first-order valence-corrected chi connectivity index (χ1v) is 6.76. The third kappa shape index (κ3) is 6.36. The van der Waals surface area contributed by atoms with Crippen LogP contribution < -0.4 is 0 Å². The number of esters is 2. The molecule has 0 N–H and O–H groups in total. The van der Waals surface area contributed by atoms with Gasteiger partial charge in [0.2, 0.25) is 5.91 Å². The van der Waals surface area contributed by atoms with Crippen molar-refractivity contribution < 1.29 is 23.9 Å². The summed E-state index contributed by atoms with van der Waals surface area (Å²) in [6, 6.07) is 0. The number of likely N-dealkylation sites (tertiary alicyclic amines) is 1. The summed E-state index contributed by atoms with van der Waals surface area (Å²) in [5.41, 5.74) is 0. The molecule has 0 radical (unpaired) electrons. The fraction of sp³-hybridized carbons (Fsp3) is 0.643. The highest BCUT2D eigenvalue weighted by molar-refractivity contribution is 5.87. The average molecular weight is 283 g/mol. The maximum Gasteiger partial charge on any atom is 0.303 e. The van der Waals surface area contributed by atoms with Gasteiger partial charge in [0.1, 0.15) is 6.10 Å². The van der Waals surface area contributed by atoms with Crippen molar-refractivity contribution in [2.45, 2.75) is 39.2 Å². The molecule has 1 aliphatic rings. The van der Waals surface area contributed by atoms with E-state index < -0.39 is 12.1 Å². The number of carbonyl (C=O) groups excluding carboxylic acids is 3. The standard InChI is InChI=1S/C14H21NO5/c1-11(16)19-10-7-13(20-12(2)17)5-6-14(18)15-8-3-4-9-15/h5-6,13H,3-4,7-10H2,1-2H3/b6-5+. The van der Waals surface area contributed by atoms with Gasteiger partial charge in [0.25, 0.3) is 0 Å². The van der Waals surface area contributed by atoms with Crippen LogP contribution in [-0.4, -0.2) is 48.5 Å². The highest BCUT2D eigenvalue weighted by Gasteiger charge is 2.16. The summed E-state index contributed by atoms with van der Waals surface area (Å²) in [6.45, 7) is 4.31. The minimum atomic E-state index is -0.557. The second-order valence-corrected chi connectivity index (χ2v) is 4.67. The number of ether oxygens (including phenoxy) is 2. The average Bonchev–Trinajstić information content (AvgIpc) is 2.88. The van der Waals surface area contributed by atoms with E-state index in [1.165, 1.54) is 19.9 Å². The lowest BCUT2D eigenvalue weighted by Gasteiger charge is -2.15. The van der Waals surface area contributed by atoms with Gasteiger partial charge in [-0.3, -0.25) is 14.4 Å². The molecule has 1 amide bonds. The third-order valence-corrected chi connectivity index (χ3v) is 2.90. The monoisotopic (exact) mass is 283 g/mol. The van der Waals surface area contributed by atoms with Crippen LogP contribution in [0.4, 0.5) is 0 Å². The molecule has 1 atom stereocenters. The molecule has 1 fully saturated rings. The van der Waals surface area contributed by atoms with Crippen molar-refractivity contribution in [2.24, 2.45) is 0 Å². The van der Waals surface area contributed by atoms with Crippen LogP contribution in [0.15, 0.2) is 12.2 Å². The summed E-state index contributed by atoms with van der Waals surface area (Å²) in [4.78, 5) is 35.3. The zero-order chi connectivity index (χ0) is 15.0. The molecule has 0 aliphatic carbocycles. The zero-order valence-electron chi connectivity index (χ0n) is 12.0. The van der Waals surface area contributed by atoms with Gasteiger partial charge in [0.05, 0.1) is 6.61 Å². The Kier molecular flexibility index (Phi) is 6.76. The van der Waals surface area contributed by atoms with E-state index in [0.717, 1.165) is 25.9 Å². The molecule has 6 heteroatoms. The van der Waals surface area contributed by atoms with Gasteiger partial charge in [0, 0.05) is 39.4 Å². The lowest BCUT2D eigenvalue weighted by atomic mass is 10.2. The number of hydrogen-bond acceptors (Lipinski definition) is 5. The van der Waals surface area contributed by atoms with Crippen LogP contribution in [0.5, 0.6) is 0 Å². The highest BCUT2D eigenvalue weighted by Crippen LogP contribution is 2.09. The molecule has 20 heavy (non-hydrogen) atoms. The Morgan fingerprint density at radius 3 is 2.35 bits per heavy atom. The molecule has 1 saturated heterocycles. The fourth-order valence-corrected chi connectivity index (χ4v) is 1.96. The Labute approximate surface area is 118 Å². The Morgan fingerprint density at radius 2 is 1.80 bits per heavy atom. The summed E-state index contributed by atoms with van der Waals surface area (Å²) >= 11 is 0. The number of amides is 1. The number of hydrogen-bond donors (Lipinski definition) is 0. The van der Waals surface area contributed by atoms with Crippen molar-refractivity contribution >= 4 is 17.8 Å². The van der Waals surface area contributed by atoms with Crippen LogP contribution in [0.2, 0.25) is 0 Å². The van der Waals surface area contributed by atoms with E-state index >= 15 is 0 Å². The Hall–Kier alpha value is -1.85. The molecular weight excluding hydrogens is 262 g/mol. The SMILES string of the molecule is CC(=O)OCCC(/C=C/C(=O)N1CCCC1)OC(C)=O. The highest BCUT2D eigenvalue weighted by atomic mass is 16.6. The molecule has 1 unspecified atom stereocenters. The molecule has 0 aromatic rings. The second kappa shape index (κ2) is 8.35. The van der Waals surface area contributed by atoms with Crippen LogP contribution >= 0.6 is 0 Å². The normalized spacial score (nSPS) is 16.2. The predicted octanol–water partition coefficient (Wildman–Crippen LogP) is 1.05. The van der Waals surface area contributed by atoms with Crippen molar-refractivity contribution in [1.82, 2.24) is 4.90 Å². The largest absolute Gasteiger partial charge is 0.466 e. The van der Waals surface area contributed by atoms with Gasteiger partial charge in [-0.1, -0.05) is 0 Å². The van der Waals surface area contributed by atoms with Gasteiger partial charge < -0.3 is 14.4 Å². The predicted molar refractivity (Wildman–Crippen MR) is 71.8 cm³/mol. The number of carbonyl (C=O) groups is 3. The van der Waals surface area contributed by atoms with E-state index in [9.17, 15) is 14.4 Å². The quantitative estimate of drug-likeness (QED) is 0.538. The maximum absolute atomic E-state index is 11.8. The molecular formula is C14H21NO5. The molecule has 1 aliphatic heterocycles. The molecule has 0 spiro atoms. The zero-order valence-corrected chi connectivity index (χ0v) is 12.0.